The van der Waals surface area contributed by atoms with Gasteiger partial charge in [0.15, 0.2) is 5.52 Å². The van der Waals surface area contributed by atoms with Crippen LogP contribution in [0.25, 0.3) is 21.9 Å². The SMILES string of the molecule is O=c1[nH]c2cc(F)ccc2c2nccnc12. The third kappa shape index (κ3) is 1.18. The molecule has 0 fully saturated rings. The zero-order chi connectivity index (χ0) is 11.1. The fraction of sp³-hybridized carbons (Fsp3) is 0. The molecule has 3 aromatic rings. The fourth-order valence-corrected chi connectivity index (χ4v) is 1.71. The van der Waals surface area contributed by atoms with Crippen molar-refractivity contribution in [1.82, 2.24) is 15.0 Å². The first-order valence-electron chi connectivity index (χ1n) is 4.68. The number of benzene rings is 1. The first-order valence-corrected chi connectivity index (χ1v) is 4.68. The Morgan fingerprint density at radius 1 is 1.12 bits per heavy atom. The number of hydrogen-bond acceptors (Lipinski definition) is 3. The molecule has 4 nitrogen and oxygen atoms in total. The molecule has 16 heavy (non-hydrogen) atoms. The molecule has 0 radical (unpaired) electrons. The van der Waals surface area contributed by atoms with Crippen LogP contribution in [0.1, 0.15) is 0 Å². The molecule has 2 aromatic heterocycles. The van der Waals surface area contributed by atoms with Gasteiger partial charge in [0.2, 0.25) is 0 Å². The van der Waals surface area contributed by atoms with Gasteiger partial charge in [0.25, 0.3) is 5.56 Å². The van der Waals surface area contributed by atoms with Crippen molar-refractivity contribution < 1.29 is 4.39 Å². The lowest BCUT2D eigenvalue weighted by atomic mass is 10.2. The van der Waals surface area contributed by atoms with E-state index in [0.29, 0.717) is 16.4 Å². The monoisotopic (exact) mass is 215 g/mol. The highest BCUT2D eigenvalue weighted by molar-refractivity contribution is 6.00. The lowest BCUT2D eigenvalue weighted by Gasteiger charge is -2.01. The predicted octanol–water partition coefficient (Wildman–Crippen LogP) is 1.61. The molecule has 5 heteroatoms. The first kappa shape index (κ1) is 8.96. The van der Waals surface area contributed by atoms with Gasteiger partial charge in [-0.2, -0.15) is 0 Å². The van der Waals surface area contributed by atoms with Crippen LogP contribution in [0.3, 0.4) is 0 Å². The average molecular weight is 215 g/mol. The van der Waals surface area contributed by atoms with Crippen LogP contribution >= 0.6 is 0 Å². The van der Waals surface area contributed by atoms with Crippen molar-refractivity contribution in [3.63, 3.8) is 0 Å². The summed E-state index contributed by atoms with van der Waals surface area (Å²) in [5, 5.41) is 0.684. The maximum atomic E-state index is 13.0. The molecular weight excluding hydrogens is 209 g/mol. The fourth-order valence-electron chi connectivity index (χ4n) is 1.71. The molecule has 0 saturated heterocycles. The molecule has 0 atom stereocenters. The zero-order valence-corrected chi connectivity index (χ0v) is 8.07. The van der Waals surface area contributed by atoms with Gasteiger partial charge in [-0.15, -0.1) is 0 Å². The lowest BCUT2D eigenvalue weighted by molar-refractivity contribution is 0.629. The molecular formula is C11H6FN3O. The summed E-state index contributed by atoms with van der Waals surface area (Å²) < 4.78 is 13.0. The Balaban J connectivity index is 2.64. The Morgan fingerprint density at radius 2 is 1.88 bits per heavy atom. The predicted molar refractivity (Wildman–Crippen MR) is 57.6 cm³/mol. The number of hydrogen-bond donors (Lipinski definition) is 1. The van der Waals surface area contributed by atoms with Gasteiger partial charge in [-0.3, -0.25) is 9.78 Å². The molecule has 0 aliphatic carbocycles. The minimum absolute atomic E-state index is 0.265. The average Bonchev–Trinajstić information content (AvgIpc) is 2.29. The van der Waals surface area contributed by atoms with Gasteiger partial charge in [0.1, 0.15) is 11.3 Å². The van der Waals surface area contributed by atoms with Crippen molar-refractivity contribution in [2.75, 3.05) is 0 Å². The molecule has 2 heterocycles. The minimum Gasteiger partial charge on any atom is -0.320 e. The van der Waals surface area contributed by atoms with E-state index in [1.54, 1.807) is 6.07 Å². The molecule has 0 aliphatic heterocycles. The van der Waals surface area contributed by atoms with Gasteiger partial charge in [0, 0.05) is 17.8 Å². The number of nitrogens with zero attached hydrogens (tertiary/aromatic N) is 2. The Labute approximate surface area is 88.8 Å². The summed E-state index contributed by atoms with van der Waals surface area (Å²) in [6.07, 6.45) is 2.96. The Hall–Kier alpha value is -2.30. The molecule has 0 bridgehead atoms. The van der Waals surface area contributed by atoms with Crippen LogP contribution in [0.4, 0.5) is 4.39 Å². The summed E-state index contributed by atoms with van der Waals surface area (Å²) >= 11 is 0. The van der Waals surface area contributed by atoms with E-state index in [4.69, 9.17) is 0 Å². The Morgan fingerprint density at radius 3 is 2.69 bits per heavy atom. The molecule has 0 unspecified atom stereocenters. The molecule has 0 spiro atoms. The molecule has 1 aromatic carbocycles. The molecule has 0 saturated carbocycles. The van der Waals surface area contributed by atoms with E-state index in [1.807, 2.05) is 0 Å². The second kappa shape index (κ2) is 3.10. The van der Waals surface area contributed by atoms with Gasteiger partial charge in [-0.05, 0) is 18.2 Å². The van der Waals surface area contributed by atoms with E-state index in [-0.39, 0.29) is 11.1 Å². The van der Waals surface area contributed by atoms with Crippen LogP contribution in [0, 0.1) is 5.82 Å². The van der Waals surface area contributed by atoms with E-state index >= 15 is 0 Å². The maximum absolute atomic E-state index is 13.0. The normalized spacial score (nSPS) is 11.1. The summed E-state index contributed by atoms with van der Waals surface area (Å²) in [5.41, 5.74) is 0.821. The summed E-state index contributed by atoms with van der Waals surface area (Å²) in [7, 11) is 0. The number of aromatic nitrogens is 3. The number of halogens is 1. The maximum Gasteiger partial charge on any atom is 0.276 e. The highest BCUT2D eigenvalue weighted by atomic mass is 19.1. The number of nitrogens with one attached hydrogen (secondary N) is 1. The van der Waals surface area contributed by atoms with Gasteiger partial charge < -0.3 is 4.98 Å². The minimum atomic E-state index is -0.397. The number of fused-ring (bicyclic) bond motifs is 3. The van der Waals surface area contributed by atoms with E-state index in [2.05, 4.69) is 15.0 Å². The first-order chi connectivity index (χ1) is 7.75. The number of aromatic amines is 1. The van der Waals surface area contributed by atoms with Gasteiger partial charge in [-0.1, -0.05) is 0 Å². The van der Waals surface area contributed by atoms with Crippen molar-refractivity contribution in [3.8, 4) is 0 Å². The van der Waals surface area contributed by atoms with Crippen LogP contribution < -0.4 is 5.56 Å². The van der Waals surface area contributed by atoms with Crippen LogP contribution in [-0.2, 0) is 0 Å². The summed E-state index contributed by atoms with van der Waals surface area (Å²) in [6.45, 7) is 0. The Kier molecular flexibility index (Phi) is 1.73. The molecule has 1 N–H and O–H groups in total. The van der Waals surface area contributed by atoms with Crippen molar-refractivity contribution in [1.29, 1.82) is 0 Å². The number of rotatable bonds is 0. The van der Waals surface area contributed by atoms with Crippen molar-refractivity contribution in [2.24, 2.45) is 0 Å². The second-order valence-electron chi connectivity index (χ2n) is 3.40. The van der Waals surface area contributed by atoms with E-state index in [0.717, 1.165) is 0 Å². The van der Waals surface area contributed by atoms with Gasteiger partial charge in [-0.25, -0.2) is 9.37 Å². The van der Waals surface area contributed by atoms with E-state index in [1.165, 1.54) is 24.5 Å². The standard InChI is InChI=1S/C11H6FN3O/c12-6-1-2-7-8(5-6)15-11(16)10-9(7)13-3-4-14-10/h1-5H,(H,15,16). The third-order valence-corrected chi connectivity index (χ3v) is 2.40. The Bertz CT molecular complexity index is 751. The third-order valence-electron chi connectivity index (χ3n) is 2.40. The summed E-state index contributed by atoms with van der Waals surface area (Å²) in [4.78, 5) is 22.2. The van der Waals surface area contributed by atoms with Crippen LogP contribution in [0.2, 0.25) is 0 Å². The zero-order valence-electron chi connectivity index (χ0n) is 8.07. The number of pyridine rings is 1. The van der Waals surface area contributed by atoms with Gasteiger partial charge in [0.05, 0.1) is 5.52 Å². The smallest absolute Gasteiger partial charge is 0.276 e. The summed E-state index contributed by atoms with van der Waals surface area (Å²) in [6, 6.07) is 4.18. The number of H-pyrrole nitrogens is 1. The molecule has 78 valence electrons. The van der Waals surface area contributed by atoms with Crippen LogP contribution in [-0.4, -0.2) is 15.0 Å². The quantitative estimate of drug-likeness (QED) is 0.579. The van der Waals surface area contributed by atoms with Crippen molar-refractivity contribution in [2.45, 2.75) is 0 Å². The highest BCUT2D eigenvalue weighted by Crippen LogP contribution is 2.18. The second-order valence-corrected chi connectivity index (χ2v) is 3.40. The molecule has 3 rings (SSSR count). The topological polar surface area (TPSA) is 58.6 Å². The van der Waals surface area contributed by atoms with E-state index < -0.39 is 5.82 Å². The van der Waals surface area contributed by atoms with Crippen molar-refractivity contribution in [3.05, 3.63) is 46.8 Å². The largest absolute Gasteiger partial charge is 0.320 e. The lowest BCUT2D eigenvalue weighted by Crippen LogP contribution is -2.08. The van der Waals surface area contributed by atoms with Gasteiger partial charge >= 0.3 is 0 Å². The van der Waals surface area contributed by atoms with Crippen LogP contribution in [0.15, 0.2) is 35.4 Å². The highest BCUT2D eigenvalue weighted by Gasteiger charge is 2.07. The van der Waals surface area contributed by atoms with Crippen molar-refractivity contribution >= 4 is 21.9 Å². The summed E-state index contributed by atoms with van der Waals surface area (Å²) in [5.74, 6) is -0.397. The van der Waals surface area contributed by atoms with Crippen LogP contribution in [0.5, 0.6) is 0 Å². The van der Waals surface area contributed by atoms with E-state index in [9.17, 15) is 9.18 Å². The molecule has 0 aliphatic rings. The molecule has 0 amide bonds.